The largest absolute Gasteiger partial charge is 0.502 e. The zero-order valence-corrected chi connectivity index (χ0v) is 16.6. The summed E-state index contributed by atoms with van der Waals surface area (Å²) in [6.45, 7) is 2.19. The van der Waals surface area contributed by atoms with Gasteiger partial charge in [-0.15, -0.1) is 0 Å². The number of carbonyl (C=O) groups excluding carboxylic acids is 2. The van der Waals surface area contributed by atoms with Gasteiger partial charge in [0, 0.05) is 37.0 Å². The number of pyridine rings is 1. The Hall–Kier alpha value is -3.69. The van der Waals surface area contributed by atoms with Crippen LogP contribution in [0.2, 0.25) is 0 Å². The number of hydrogen-bond donors (Lipinski definition) is 2. The maximum Gasteiger partial charge on any atom is 0.278 e. The minimum Gasteiger partial charge on any atom is -0.502 e. The first kappa shape index (κ1) is 20.6. The average Bonchev–Trinajstić information content (AvgIpc) is 2.72. The van der Waals surface area contributed by atoms with Crippen LogP contribution in [0.1, 0.15) is 39.8 Å². The van der Waals surface area contributed by atoms with Gasteiger partial charge in [-0.05, 0) is 19.4 Å². The van der Waals surface area contributed by atoms with Crippen molar-refractivity contribution in [2.24, 2.45) is 0 Å². The zero-order chi connectivity index (χ0) is 22.3. The molecule has 2 N–H and O–H groups in total. The third kappa shape index (κ3) is 3.65. The molecule has 0 unspecified atom stereocenters. The molecule has 0 aliphatic carbocycles. The van der Waals surface area contributed by atoms with Crippen LogP contribution in [-0.4, -0.2) is 45.8 Å². The van der Waals surface area contributed by atoms with E-state index in [1.807, 2.05) is 19.1 Å². The molecular formula is C21H20F2N4O4. The lowest BCUT2D eigenvalue weighted by Gasteiger charge is -2.43. The van der Waals surface area contributed by atoms with Crippen LogP contribution in [0.25, 0.3) is 0 Å². The second-order valence-corrected chi connectivity index (χ2v) is 7.50. The van der Waals surface area contributed by atoms with Crippen molar-refractivity contribution < 1.29 is 23.5 Å². The lowest BCUT2D eigenvalue weighted by atomic mass is 10.1. The third-order valence-electron chi connectivity index (χ3n) is 5.42. The van der Waals surface area contributed by atoms with Crippen molar-refractivity contribution in [3.8, 4) is 5.75 Å². The van der Waals surface area contributed by atoms with Gasteiger partial charge >= 0.3 is 0 Å². The van der Waals surface area contributed by atoms with Crippen molar-refractivity contribution in [3.63, 3.8) is 0 Å². The Kier molecular flexibility index (Phi) is 5.22. The molecule has 0 radical (unpaired) electrons. The van der Waals surface area contributed by atoms with Crippen LogP contribution >= 0.6 is 0 Å². The Morgan fingerprint density at radius 2 is 2.03 bits per heavy atom. The molecule has 0 saturated heterocycles. The smallest absolute Gasteiger partial charge is 0.278 e. The normalized spacial score (nSPS) is 18.8. The molecule has 1 atom stereocenters. The number of aromatic hydroxyl groups is 1. The Morgan fingerprint density at radius 1 is 1.26 bits per heavy atom. The van der Waals surface area contributed by atoms with Crippen molar-refractivity contribution in [1.82, 2.24) is 14.9 Å². The summed E-state index contributed by atoms with van der Waals surface area (Å²) in [7, 11) is 0. The molecule has 2 aromatic rings. The van der Waals surface area contributed by atoms with Crippen LogP contribution in [0.5, 0.6) is 5.75 Å². The van der Waals surface area contributed by atoms with E-state index in [1.54, 1.807) is 5.01 Å². The van der Waals surface area contributed by atoms with Crippen molar-refractivity contribution in [2.75, 3.05) is 18.2 Å². The number of rotatable bonds is 3. The van der Waals surface area contributed by atoms with Gasteiger partial charge < -0.3 is 15.3 Å². The first-order valence-electron chi connectivity index (χ1n) is 9.70. The predicted molar refractivity (Wildman–Crippen MR) is 107 cm³/mol. The highest BCUT2D eigenvalue weighted by atomic mass is 19.1. The molecule has 0 saturated carbocycles. The van der Waals surface area contributed by atoms with Crippen molar-refractivity contribution in [1.29, 1.82) is 0 Å². The molecule has 1 aromatic heterocycles. The minimum atomic E-state index is -1.00. The molecule has 4 rings (SSSR count). The molecule has 1 aromatic carbocycles. The molecule has 10 heteroatoms. The molecule has 162 valence electrons. The fourth-order valence-electron chi connectivity index (χ4n) is 3.65. The van der Waals surface area contributed by atoms with Crippen LogP contribution in [0, 0.1) is 11.6 Å². The third-order valence-corrected chi connectivity index (χ3v) is 5.42. The lowest BCUT2D eigenvalue weighted by molar-refractivity contribution is 0.0694. The summed E-state index contributed by atoms with van der Waals surface area (Å²) in [5, 5.41) is 14.7. The summed E-state index contributed by atoms with van der Waals surface area (Å²) in [5.41, 5.74) is -1.57. The number of nitrogens with zero attached hydrogens (tertiary/aromatic N) is 3. The maximum absolute atomic E-state index is 13.8. The van der Waals surface area contributed by atoms with E-state index in [9.17, 15) is 28.3 Å². The summed E-state index contributed by atoms with van der Waals surface area (Å²) >= 11 is 0. The molecule has 2 amide bonds. The zero-order valence-electron chi connectivity index (χ0n) is 16.6. The number of benzene rings is 1. The topological polar surface area (TPSA) is 94.9 Å². The van der Waals surface area contributed by atoms with Crippen molar-refractivity contribution in [3.05, 3.63) is 75.2 Å². The number of aromatic nitrogens is 1. The summed E-state index contributed by atoms with van der Waals surface area (Å²) in [6, 6.07) is 2.84. The van der Waals surface area contributed by atoms with E-state index in [1.165, 1.54) is 21.8 Å². The molecule has 8 nitrogen and oxygen atoms in total. The van der Waals surface area contributed by atoms with E-state index in [2.05, 4.69) is 5.32 Å². The first-order valence-corrected chi connectivity index (χ1v) is 9.70. The molecule has 2 aliphatic rings. The Balaban J connectivity index is 1.69. The van der Waals surface area contributed by atoms with Gasteiger partial charge in [0.1, 0.15) is 23.9 Å². The van der Waals surface area contributed by atoms with Crippen LogP contribution in [0.3, 0.4) is 0 Å². The Labute approximate surface area is 176 Å². The van der Waals surface area contributed by atoms with E-state index < -0.39 is 40.2 Å². The second kappa shape index (κ2) is 7.86. The number of amides is 2. The van der Waals surface area contributed by atoms with Gasteiger partial charge in [-0.3, -0.25) is 24.1 Å². The molecule has 2 bridgehead atoms. The SMILES string of the molecule is C[C@H]1C/C=C\CN2CN1n1cc(C(=O)NCc3ccc(F)cc3F)c(=O)c(O)c1C2=O. The van der Waals surface area contributed by atoms with Gasteiger partial charge in [-0.25, -0.2) is 8.78 Å². The standard InChI is InChI=1S/C21H20F2N4O4/c1-12-4-2-3-7-25-11-27(12)26-10-15(18(28)19(29)17(26)21(25)31)20(30)24-9-13-5-6-14(22)8-16(13)23/h2-3,5-6,8,10,12,29H,4,7,9,11H2,1H3,(H,24,30)/b3-2-/t12-/m0/s1. The summed E-state index contributed by atoms with van der Waals surface area (Å²) in [5.74, 6) is -3.78. The predicted octanol–water partition coefficient (Wildman–Crippen LogP) is 1.46. The molecule has 0 fully saturated rings. The van der Waals surface area contributed by atoms with Gasteiger partial charge in [-0.2, -0.15) is 0 Å². The highest BCUT2D eigenvalue weighted by Gasteiger charge is 2.35. The molecule has 0 spiro atoms. The second-order valence-electron chi connectivity index (χ2n) is 7.50. The Morgan fingerprint density at radius 3 is 2.77 bits per heavy atom. The maximum atomic E-state index is 13.8. The minimum absolute atomic E-state index is 0.0343. The quantitative estimate of drug-likeness (QED) is 0.719. The Bertz CT molecular complexity index is 1160. The average molecular weight is 430 g/mol. The summed E-state index contributed by atoms with van der Waals surface area (Å²) < 4.78 is 28.2. The number of nitrogens with one attached hydrogen (secondary N) is 1. The lowest BCUT2D eigenvalue weighted by Crippen LogP contribution is -2.58. The molecule has 31 heavy (non-hydrogen) atoms. The van der Waals surface area contributed by atoms with Gasteiger partial charge in [0.15, 0.2) is 11.4 Å². The van der Waals surface area contributed by atoms with Crippen molar-refractivity contribution in [2.45, 2.75) is 25.9 Å². The molecule has 3 heterocycles. The molecule has 2 aliphatic heterocycles. The van der Waals surface area contributed by atoms with E-state index in [0.717, 1.165) is 6.07 Å². The van der Waals surface area contributed by atoms with E-state index in [4.69, 9.17) is 0 Å². The van der Waals surface area contributed by atoms with Crippen molar-refractivity contribution >= 4 is 11.8 Å². The van der Waals surface area contributed by atoms with E-state index in [-0.39, 0.29) is 30.5 Å². The monoisotopic (exact) mass is 430 g/mol. The highest BCUT2D eigenvalue weighted by molar-refractivity contribution is 5.99. The number of fused-ring (bicyclic) bond motifs is 4. The fourth-order valence-corrected chi connectivity index (χ4v) is 3.65. The van der Waals surface area contributed by atoms with Gasteiger partial charge in [0.25, 0.3) is 11.8 Å². The van der Waals surface area contributed by atoms with Gasteiger partial charge in [0.2, 0.25) is 5.43 Å². The summed E-state index contributed by atoms with van der Waals surface area (Å²) in [4.78, 5) is 39.6. The van der Waals surface area contributed by atoms with E-state index in [0.29, 0.717) is 19.0 Å². The number of hydrogen-bond acceptors (Lipinski definition) is 5. The van der Waals surface area contributed by atoms with Gasteiger partial charge in [0.05, 0.1) is 0 Å². The van der Waals surface area contributed by atoms with E-state index >= 15 is 0 Å². The number of halogens is 2. The van der Waals surface area contributed by atoms with Crippen LogP contribution in [-0.2, 0) is 6.54 Å². The first-order chi connectivity index (χ1) is 14.8. The fraction of sp³-hybridized carbons (Fsp3) is 0.286. The number of carbonyl (C=O) groups is 2. The van der Waals surface area contributed by atoms with Gasteiger partial charge in [-0.1, -0.05) is 18.2 Å². The van der Waals surface area contributed by atoms with Crippen LogP contribution in [0.4, 0.5) is 8.78 Å². The molecular weight excluding hydrogens is 410 g/mol. The van der Waals surface area contributed by atoms with Crippen LogP contribution < -0.4 is 15.8 Å². The van der Waals surface area contributed by atoms with Crippen LogP contribution in [0.15, 0.2) is 41.3 Å². The highest BCUT2D eigenvalue weighted by Crippen LogP contribution is 2.24. The summed E-state index contributed by atoms with van der Waals surface area (Å²) in [6.07, 6.45) is 5.67.